The van der Waals surface area contributed by atoms with Crippen LogP contribution in [0.5, 0.6) is 5.75 Å². The van der Waals surface area contributed by atoms with Crippen molar-refractivity contribution in [1.29, 1.82) is 0 Å². The molecule has 2 nitrogen and oxygen atoms in total. The Kier molecular flexibility index (Phi) is 3.92. The van der Waals surface area contributed by atoms with E-state index in [-0.39, 0.29) is 12.1 Å². The van der Waals surface area contributed by atoms with Crippen molar-refractivity contribution < 1.29 is 4.74 Å². The van der Waals surface area contributed by atoms with Gasteiger partial charge in [-0.3, -0.25) is 0 Å². The van der Waals surface area contributed by atoms with Crippen LogP contribution in [0.15, 0.2) is 36.4 Å². The standard InChI is InChI=1S/C18H20ClNO/c1-11-4-5-12(2)14(8-11)18-10-16(20-3)15-9-13(19)6-7-17(15)21-18/h4-9,16,18,20H,10H2,1-3H3. The van der Waals surface area contributed by atoms with Gasteiger partial charge in [0.05, 0.1) is 0 Å². The molecule has 0 saturated heterocycles. The maximum atomic E-state index is 6.24. The molecule has 0 bridgehead atoms. The van der Waals surface area contributed by atoms with Crippen LogP contribution < -0.4 is 10.1 Å². The summed E-state index contributed by atoms with van der Waals surface area (Å²) in [5.74, 6) is 0.927. The fourth-order valence-corrected chi connectivity index (χ4v) is 3.19. The summed E-state index contributed by atoms with van der Waals surface area (Å²) in [6.07, 6.45) is 0.991. The summed E-state index contributed by atoms with van der Waals surface area (Å²) in [7, 11) is 1.99. The van der Waals surface area contributed by atoms with Crippen molar-refractivity contribution in [1.82, 2.24) is 5.32 Å². The van der Waals surface area contributed by atoms with Gasteiger partial charge in [0, 0.05) is 23.0 Å². The lowest BCUT2D eigenvalue weighted by molar-refractivity contribution is 0.153. The first kappa shape index (κ1) is 14.4. The van der Waals surface area contributed by atoms with Gasteiger partial charge in [-0.25, -0.2) is 0 Å². The van der Waals surface area contributed by atoms with E-state index in [0.29, 0.717) is 0 Å². The van der Waals surface area contributed by atoms with Crippen molar-refractivity contribution in [3.05, 3.63) is 63.7 Å². The summed E-state index contributed by atoms with van der Waals surface area (Å²) in [5.41, 5.74) is 4.96. The molecular formula is C18H20ClNO. The molecule has 0 saturated carbocycles. The molecule has 3 heteroatoms. The highest BCUT2D eigenvalue weighted by atomic mass is 35.5. The van der Waals surface area contributed by atoms with E-state index >= 15 is 0 Å². The molecule has 0 spiro atoms. The Balaban J connectivity index is 2.00. The third kappa shape index (κ3) is 2.78. The largest absolute Gasteiger partial charge is 0.485 e. The van der Waals surface area contributed by atoms with Crippen molar-refractivity contribution in [3.8, 4) is 5.75 Å². The van der Waals surface area contributed by atoms with Crippen molar-refractivity contribution in [3.63, 3.8) is 0 Å². The van der Waals surface area contributed by atoms with Crippen LogP contribution in [-0.2, 0) is 0 Å². The summed E-state index contributed by atoms with van der Waals surface area (Å²) >= 11 is 6.11. The molecule has 1 heterocycles. The quantitative estimate of drug-likeness (QED) is 0.865. The summed E-state index contributed by atoms with van der Waals surface area (Å²) < 4.78 is 6.24. The minimum Gasteiger partial charge on any atom is -0.485 e. The van der Waals surface area contributed by atoms with Crippen LogP contribution in [-0.4, -0.2) is 7.05 Å². The molecule has 3 rings (SSSR count). The Morgan fingerprint density at radius 2 is 1.90 bits per heavy atom. The number of hydrogen-bond acceptors (Lipinski definition) is 2. The molecule has 1 aliphatic rings. The number of fused-ring (bicyclic) bond motifs is 1. The first-order valence-corrected chi connectivity index (χ1v) is 7.67. The molecule has 0 fully saturated rings. The molecule has 0 amide bonds. The van der Waals surface area contributed by atoms with Crippen LogP contribution >= 0.6 is 11.6 Å². The highest BCUT2D eigenvalue weighted by Crippen LogP contribution is 2.42. The van der Waals surface area contributed by atoms with Gasteiger partial charge in [0.15, 0.2) is 0 Å². The predicted octanol–water partition coefficient (Wildman–Crippen LogP) is 4.74. The van der Waals surface area contributed by atoms with E-state index in [2.05, 4.69) is 37.4 Å². The van der Waals surface area contributed by atoms with Crippen LogP contribution in [0.1, 0.15) is 40.8 Å². The summed E-state index contributed by atoms with van der Waals surface area (Å²) in [4.78, 5) is 0. The lowest BCUT2D eigenvalue weighted by atomic mass is 9.90. The zero-order valence-corrected chi connectivity index (χ0v) is 13.4. The fourth-order valence-electron chi connectivity index (χ4n) is 3.01. The first-order chi connectivity index (χ1) is 10.1. The third-order valence-electron chi connectivity index (χ3n) is 4.20. The maximum Gasteiger partial charge on any atom is 0.126 e. The van der Waals surface area contributed by atoms with Gasteiger partial charge >= 0.3 is 0 Å². The Bertz CT molecular complexity index is 668. The zero-order chi connectivity index (χ0) is 15.0. The third-order valence-corrected chi connectivity index (χ3v) is 4.43. The Morgan fingerprint density at radius 1 is 1.10 bits per heavy atom. The van der Waals surface area contributed by atoms with Crippen LogP contribution in [0.2, 0.25) is 5.02 Å². The van der Waals surface area contributed by atoms with Gasteiger partial charge in [0.25, 0.3) is 0 Å². The molecule has 110 valence electrons. The van der Waals surface area contributed by atoms with Crippen molar-refractivity contribution in [2.75, 3.05) is 7.05 Å². The van der Waals surface area contributed by atoms with Gasteiger partial charge in [-0.15, -0.1) is 0 Å². The smallest absolute Gasteiger partial charge is 0.126 e. The summed E-state index contributed by atoms with van der Waals surface area (Å²) in [6, 6.07) is 12.7. The average molecular weight is 302 g/mol. The highest BCUT2D eigenvalue weighted by Gasteiger charge is 2.29. The molecule has 1 N–H and O–H groups in total. The molecule has 2 unspecified atom stereocenters. The highest BCUT2D eigenvalue weighted by molar-refractivity contribution is 6.30. The van der Waals surface area contributed by atoms with Gasteiger partial charge in [-0.05, 0) is 50.2 Å². The second-order valence-corrected chi connectivity index (χ2v) is 6.16. The summed E-state index contributed by atoms with van der Waals surface area (Å²) in [6.45, 7) is 4.26. The van der Waals surface area contributed by atoms with Crippen LogP contribution in [0.3, 0.4) is 0 Å². The Morgan fingerprint density at radius 3 is 2.67 bits per heavy atom. The Labute approximate surface area is 131 Å². The van der Waals surface area contributed by atoms with E-state index in [4.69, 9.17) is 16.3 Å². The van der Waals surface area contributed by atoms with E-state index in [1.54, 1.807) is 0 Å². The second-order valence-electron chi connectivity index (χ2n) is 5.73. The molecule has 2 atom stereocenters. The lowest BCUT2D eigenvalue weighted by Crippen LogP contribution is -2.27. The molecule has 2 aromatic carbocycles. The van der Waals surface area contributed by atoms with Crippen LogP contribution in [0.25, 0.3) is 0 Å². The monoisotopic (exact) mass is 301 g/mol. The van der Waals surface area contributed by atoms with Gasteiger partial charge < -0.3 is 10.1 Å². The fraction of sp³-hybridized carbons (Fsp3) is 0.333. The van der Waals surface area contributed by atoms with Crippen LogP contribution in [0.4, 0.5) is 0 Å². The molecule has 0 radical (unpaired) electrons. The normalized spacial score (nSPS) is 20.8. The molecule has 0 aromatic heterocycles. The minimum atomic E-state index is 0.0797. The van der Waals surface area contributed by atoms with Crippen LogP contribution in [0, 0.1) is 13.8 Å². The number of nitrogens with one attached hydrogen (secondary N) is 1. The first-order valence-electron chi connectivity index (χ1n) is 7.29. The van der Waals surface area contributed by atoms with Crippen molar-refractivity contribution >= 4 is 11.6 Å². The Hall–Kier alpha value is -1.51. The SMILES string of the molecule is CNC1CC(c2cc(C)ccc2C)Oc2ccc(Cl)cc21. The number of rotatable bonds is 2. The molecule has 1 aliphatic heterocycles. The number of aryl methyl sites for hydroxylation is 2. The molecular weight excluding hydrogens is 282 g/mol. The number of hydrogen-bond donors (Lipinski definition) is 1. The minimum absolute atomic E-state index is 0.0797. The average Bonchev–Trinajstić information content (AvgIpc) is 2.48. The van der Waals surface area contributed by atoms with Gasteiger partial charge in [-0.1, -0.05) is 35.4 Å². The van der Waals surface area contributed by atoms with E-state index in [1.807, 2.05) is 25.2 Å². The summed E-state index contributed by atoms with van der Waals surface area (Å²) in [5, 5.41) is 4.14. The van der Waals surface area contributed by atoms with Gasteiger partial charge in [0.2, 0.25) is 0 Å². The van der Waals surface area contributed by atoms with Crippen molar-refractivity contribution in [2.45, 2.75) is 32.4 Å². The second kappa shape index (κ2) is 5.70. The zero-order valence-electron chi connectivity index (χ0n) is 12.6. The van der Waals surface area contributed by atoms with E-state index in [0.717, 1.165) is 22.8 Å². The predicted molar refractivity (Wildman–Crippen MR) is 87.2 cm³/mol. The number of benzene rings is 2. The van der Waals surface area contributed by atoms with E-state index in [9.17, 15) is 0 Å². The van der Waals surface area contributed by atoms with Gasteiger partial charge in [0.1, 0.15) is 11.9 Å². The molecule has 0 aliphatic carbocycles. The van der Waals surface area contributed by atoms with E-state index in [1.165, 1.54) is 16.7 Å². The number of ether oxygens (including phenoxy) is 1. The number of halogens is 1. The van der Waals surface area contributed by atoms with Crippen molar-refractivity contribution in [2.24, 2.45) is 0 Å². The lowest BCUT2D eigenvalue weighted by Gasteiger charge is -2.33. The topological polar surface area (TPSA) is 21.3 Å². The maximum absolute atomic E-state index is 6.24. The molecule has 2 aromatic rings. The van der Waals surface area contributed by atoms with Gasteiger partial charge in [-0.2, -0.15) is 0 Å². The van der Waals surface area contributed by atoms with E-state index < -0.39 is 0 Å². The molecule has 21 heavy (non-hydrogen) atoms.